The van der Waals surface area contributed by atoms with Gasteiger partial charge >= 0.3 is 6.03 Å². The standard InChI is InChI=1S/C28H24ClN3O7/c1-16-4-8-19(14-22(16)29)32-27(35)21(26(34)31-28(32)36)12-17-5-11-23(24(13-17)38-3)39-15-25(33)30-18-6-9-20(37-2)10-7-18/h4-14H,15H2,1-3H3,(H,30,33)(H,31,34,36)/b21-12+. The van der Waals surface area contributed by atoms with E-state index in [1.807, 2.05) is 0 Å². The second kappa shape index (κ2) is 11.7. The summed E-state index contributed by atoms with van der Waals surface area (Å²) in [6.07, 6.45) is 1.33. The van der Waals surface area contributed by atoms with Gasteiger partial charge in [0.05, 0.1) is 19.9 Å². The van der Waals surface area contributed by atoms with Gasteiger partial charge in [0.25, 0.3) is 17.7 Å². The van der Waals surface area contributed by atoms with Crippen molar-refractivity contribution in [1.82, 2.24) is 5.32 Å². The fourth-order valence-electron chi connectivity index (χ4n) is 3.69. The molecule has 39 heavy (non-hydrogen) atoms. The molecular weight excluding hydrogens is 526 g/mol. The summed E-state index contributed by atoms with van der Waals surface area (Å²) < 4.78 is 16.1. The van der Waals surface area contributed by atoms with Gasteiger partial charge in [-0.2, -0.15) is 0 Å². The van der Waals surface area contributed by atoms with E-state index in [2.05, 4.69) is 10.6 Å². The van der Waals surface area contributed by atoms with Crippen LogP contribution >= 0.6 is 11.6 Å². The lowest BCUT2D eigenvalue weighted by molar-refractivity contribution is -0.122. The van der Waals surface area contributed by atoms with Crippen molar-refractivity contribution in [3.8, 4) is 17.2 Å². The van der Waals surface area contributed by atoms with E-state index < -0.39 is 17.8 Å². The summed E-state index contributed by atoms with van der Waals surface area (Å²) in [5.41, 5.74) is 1.73. The van der Waals surface area contributed by atoms with Crippen LogP contribution < -0.4 is 29.7 Å². The van der Waals surface area contributed by atoms with Crippen molar-refractivity contribution in [2.45, 2.75) is 6.92 Å². The maximum absolute atomic E-state index is 13.2. The maximum Gasteiger partial charge on any atom is 0.335 e. The fraction of sp³-hybridized carbons (Fsp3) is 0.143. The van der Waals surface area contributed by atoms with Crippen molar-refractivity contribution < 1.29 is 33.4 Å². The molecule has 10 nitrogen and oxygen atoms in total. The predicted octanol–water partition coefficient (Wildman–Crippen LogP) is 4.35. The van der Waals surface area contributed by atoms with Gasteiger partial charge in [-0.3, -0.25) is 19.7 Å². The lowest BCUT2D eigenvalue weighted by Crippen LogP contribution is -2.54. The molecule has 1 aliphatic rings. The first-order chi connectivity index (χ1) is 18.7. The van der Waals surface area contributed by atoms with E-state index in [1.165, 1.54) is 25.3 Å². The minimum Gasteiger partial charge on any atom is -0.497 e. The first-order valence-corrected chi connectivity index (χ1v) is 12.0. The van der Waals surface area contributed by atoms with Gasteiger partial charge in [0.1, 0.15) is 11.3 Å². The Balaban J connectivity index is 1.50. The lowest BCUT2D eigenvalue weighted by Gasteiger charge is -2.26. The number of methoxy groups -OCH3 is 2. The van der Waals surface area contributed by atoms with Gasteiger partial charge in [-0.05, 0) is 72.7 Å². The van der Waals surface area contributed by atoms with Crippen molar-refractivity contribution in [3.63, 3.8) is 0 Å². The first-order valence-electron chi connectivity index (χ1n) is 11.6. The highest BCUT2D eigenvalue weighted by Gasteiger charge is 2.37. The summed E-state index contributed by atoms with van der Waals surface area (Å²) in [5, 5.41) is 5.25. The molecule has 2 N–H and O–H groups in total. The third-order valence-electron chi connectivity index (χ3n) is 5.75. The Kier molecular flexibility index (Phi) is 8.16. The Labute approximate surface area is 229 Å². The number of rotatable bonds is 8. The molecule has 0 saturated carbocycles. The van der Waals surface area contributed by atoms with E-state index in [4.69, 9.17) is 25.8 Å². The lowest BCUT2D eigenvalue weighted by atomic mass is 10.1. The van der Waals surface area contributed by atoms with E-state index in [0.29, 0.717) is 22.0 Å². The highest BCUT2D eigenvalue weighted by Crippen LogP contribution is 2.31. The van der Waals surface area contributed by atoms with Crippen LogP contribution in [-0.4, -0.2) is 44.6 Å². The summed E-state index contributed by atoms with van der Waals surface area (Å²) in [6, 6.07) is 15.3. The van der Waals surface area contributed by atoms with Gasteiger partial charge in [0.15, 0.2) is 18.1 Å². The zero-order chi connectivity index (χ0) is 28.1. The Morgan fingerprint density at radius 2 is 1.72 bits per heavy atom. The van der Waals surface area contributed by atoms with Crippen LogP contribution in [0.3, 0.4) is 0 Å². The van der Waals surface area contributed by atoms with E-state index in [1.54, 1.807) is 62.6 Å². The zero-order valence-electron chi connectivity index (χ0n) is 21.2. The summed E-state index contributed by atoms with van der Waals surface area (Å²) in [6.45, 7) is 1.49. The average molecular weight is 550 g/mol. The van der Waals surface area contributed by atoms with Crippen LogP contribution in [0.15, 0.2) is 66.2 Å². The van der Waals surface area contributed by atoms with Crippen molar-refractivity contribution in [2.75, 3.05) is 31.0 Å². The van der Waals surface area contributed by atoms with Gasteiger partial charge in [-0.25, -0.2) is 9.69 Å². The molecular formula is C28H24ClN3O7. The second-order valence-electron chi connectivity index (χ2n) is 8.37. The van der Waals surface area contributed by atoms with Crippen LogP contribution in [0.5, 0.6) is 17.2 Å². The minimum absolute atomic E-state index is 0.223. The number of barbiturate groups is 1. The highest BCUT2D eigenvalue weighted by molar-refractivity contribution is 6.39. The number of amides is 5. The van der Waals surface area contributed by atoms with Crippen LogP contribution in [0.4, 0.5) is 16.2 Å². The molecule has 1 heterocycles. The molecule has 1 aliphatic heterocycles. The Hall–Kier alpha value is -4.83. The van der Waals surface area contributed by atoms with Crippen LogP contribution in [0.1, 0.15) is 11.1 Å². The Bertz CT molecular complexity index is 1480. The van der Waals surface area contributed by atoms with Crippen LogP contribution in [0.25, 0.3) is 6.08 Å². The smallest absolute Gasteiger partial charge is 0.335 e. The first kappa shape index (κ1) is 27.2. The third kappa shape index (κ3) is 6.19. The molecule has 0 atom stereocenters. The minimum atomic E-state index is -0.878. The third-order valence-corrected chi connectivity index (χ3v) is 6.15. The van der Waals surface area contributed by atoms with E-state index in [-0.39, 0.29) is 35.3 Å². The number of imide groups is 2. The maximum atomic E-state index is 13.2. The van der Waals surface area contributed by atoms with Gasteiger partial charge in [-0.15, -0.1) is 0 Å². The number of hydrogen-bond donors (Lipinski definition) is 2. The molecule has 3 aromatic rings. The van der Waals surface area contributed by atoms with Crippen LogP contribution in [0.2, 0.25) is 5.02 Å². The average Bonchev–Trinajstić information content (AvgIpc) is 2.92. The molecule has 1 fully saturated rings. The number of halogens is 1. The van der Waals surface area contributed by atoms with Crippen molar-refractivity contribution in [3.05, 3.63) is 82.4 Å². The van der Waals surface area contributed by atoms with E-state index in [9.17, 15) is 19.2 Å². The number of carbonyl (C=O) groups is 4. The number of carbonyl (C=O) groups excluding carboxylic acids is 4. The molecule has 200 valence electrons. The number of ether oxygens (including phenoxy) is 3. The van der Waals surface area contributed by atoms with Gasteiger partial charge in [-0.1, -0.05) is 23.7 Å². The van der Waals surface area contributed by atoms with Crippen molar-refractivity contribution >= 4 is 52.8 Å². The van der Waals surface area contributed by atoms with E-state index >= 15 is 0 Å². The molecule has 0 bridgehead atoms. The summed E-state index contributed by atoms with van der Waals surface area (Å²) in [7, 11) is 2.96. The Morgan fingerprint density at radius 1 is 0.974 bits per heavy atom. The molecule has 5 amide bonds. The largest absolute Gasteiger partial charge is 0.497 e. The molecule has 3 aromatic carbocycles. The fourth-order valence-corrected chi connectivity index (χ4v) is 3.86. The topological polar surface area (TPSA) is 123 Å². The van der Waals surface area contributed by atoms with Crippen molar-refractivity contribution in [1.29, 1.82) is 0 Å². The number of aryl methyl sites for hydroxylation is 1. The van der Waals surface area contributed by atoms with Crippen LogP contribution in [-0.2, 0) is 14.4 Å². The SMILES string of the molecule is COc1ccc(NC(=O)COc2ccc(/C=C3\C(=O)NC(=O)N(c4ccc(C)c(Cl)c4)C3=O)cc2OC)cc1. The van der Waals surface area contributed by atoms with Crippen molar-refractivity contribution in [2.24, 2.45) is 0 Å². The molecule has 0 spiro atoms. The molecule has 4 rings (SSSR count). The molecule has 0 aliphatic carbocycles. The summed E-state index contributed by atoms with van der Waals surface area (Å²) in [4.78, 5) is 51.3. The molecule has 0 unspecified atom stereocenters. The van der Waals surface area contributed by atoms with Gasteiger partial charge in [0, 0.05) is 10.7 Å². The zero-order valence-corrected chi connectivity index (χ0v) is 22.0. The number of hydrogen-bond acceptors (Lipinski definition) is 7. The monoisotopic (exact) mass is 549 g/mol. The number of urea groups is 1. The van der Waals surface area contributed by atoms with Gasteiger partial charge < -0.3 is 19.5 Å². The Morgan fingerprint density at radius 3 is 2.38 bits per heavy atom. The summed E-state index contributed by atoms with van der Waals surface area (Å²) in [5.74, 6) is -0.833. The molecule has 11 heteroatoms. The number of nitrogens with zero attached hydrogens (tertiary/aromatic N) is 1. The molecule has 0 radical (unpaired) electrons. The predicted molar refractivity (Wildman–Crippen MR) is 145 cm³/mol. The number of anilines is 2. The summed E-state index contributed by atoms with van der Waals surface area (Å²) >= 11 is 6.16. The van der Waals surface area contributed by atoms with E-state index in [0.717, 1.165) is 10.5 Å². The number of nitrogens with one attached hydrogen (secondary N) is 2. The highest BCUT2D eigenvalue weighted by atomic mass is 35.5. The normalized spacial score (nSPS) is 14.2. The quantitative estimate of drug-likeness (QED) is 0.316. The molecule has 1 saturated heterocycles. The molecule has 0 aromatic heterocycles. The van der Waals surface area contributed by atoms with Crippen LogP contribution in [0, 0.1) is 6.92 Å². The number of benzene rings is 3. The second-order valence-corrected chi connectivity index (χ2v) is 8.77. The van der Waals surface area contributed by atoms with Gasteiger partial charge in [0.2, 0.25) is 0 Å².